The quantitative estimate of drug-likeness (QED) is 0.456. The predicted molar refractivity (Wildman–Crippen MR) is 119 cm³/mol. The Kier molecular flexibility index (Phi) is 5.65. The molecule has 1 aliphatic heterocycles. The Bertz CT molecular complexity index is 1110. The second kappa shape index (κ2) is 8.88. The second-order valence-electron chi connectivity index (χ2n) is 8.14. The van der Waals surface area contributed by atoms with Gasteiger partial charge in [-0.05, 0) is 6.92 Å². The first-order valence-corrected chi connectivity index (χ1v) is 10.7. The molecule has 1 saturated heterocycles. The van der Waals surface area contributed by atoms with Gasteiger partial charge in [0, 0.05) is 48.9 Å². The summed E-state index contributed by atoms with van der Waals surface area (Å²) in [6.07, 6.45) is 0. The molecule has 4 aromatic rings. The molecule has 1 aliphatic rings. The van der Waals surface area contributed by atoms with Crippen molar-refractivity contribution in [3.63, 3.8) is 0 Å². The maximum atomic E-state index is 5.61. The highest BCUT2D eigenvalue weighted by atomic mass is 16.5. The van der Waals surface area contributed by atoms with E-state index in [4.69, 9.17) is 9.05 Å². The first-order valence-electron chi connectivity index (χ1n) is 10.7. The van der Waals surface area contributed by atoms with Gasteiger partial charge in [-0.2, -0.15) is 0 Å². The smallest absolute Gasteiger partial charge is 0.151 e. The molecule has 1 unspecified atom stereocenters. The molecule has 0 saturated carbocycles. The summed E-state index contributed by atoms with van der Waals surface area (Å²) in [5.74, 6) is 1.81. The Morgan fingerprint density at radius 2 is 1.32 bits per heavy atom. The molecular formula is C25H26N4O2. The van der Waals surface area contributed by atoms with Crippen molar-refractivity contribution in [3.8, 4) is 22.5 Å². The Morgan fingerprint density at radius 1 is 0.774 bits per heavy atom. The molecule has 2 aromatic heterocycles. The van der Waals surface area contributed by atoms with Gasteiger partial charge in [-0.25, -0.2) is 0 Å². The van der Waals surface area contributed by atoms with Crippen molar-refractivity contribution in [2.45, 2.75) is 26.1 Å². The van der Waals surface area contributed by atoms with Crippen LogP contribution >= 0.6 is 0 Å². The summed E-state index contributed by atoms with van der Waals surface area (Å²) in [7, 11) is 0. The van der Waals surface area contributed by atoms with E-state index in [0.29, 0.717) is 6.04 Å². The van der Waals surface area contributed by atoms with Gasteiger partial charge in [0.1, 0.15) is 11.4 Å². The van der Waals surface area contributed by atoms with Crippen LogP contribution in [0.25, 0.3) is 22.5 Å². The van der Waals surface area contributed by atoms with Crippen LogP contribution in [0, 0.1) is 0 Å². The van der Waals surface area contributed by atoms with E-state index in [9.17, 15) is 0 Å². The topological polar surface area (TPSA) is 58.5 Å². The summed E-state index contributed by atoms with van der Waals surface area (Å²) in [5.41, 5.74) is 3.94. The van der Waals surface area contributed by atoms with Gasteiger partial charge >= 0.3 is 0 Å². The fourth-order valence-corrected chi connectivity index (χ4v) is 4.13. The highest BCUT2D eigenvalue weighted by Gasteiger charge is 2.25. The van der Waals surface area contributed by atoms with Gasteiger partial charge < -0.3 is 9.05 Å². The van der Waals surface area contributed by atoms with E-state index in [1.54, 1.807) is 0 Å². The van der Waals surface area contributed by atoms with Crippen LogP contribution in [0.3, 0.4) is 0 Å². The fraction of sp³-hybridized carbons (Fsp3) is 0.280. The molecule has 5 rings (SSSR count). The Hall–Kier alpha value is -3.22. The molecule has 3 heterocycles. The van der Waals surface area contributed by atoms with Gasteiger partial charge in [-0.1, -0.05) is 71.0 Å². The number of rotatable bonds is 6. The molecule has 6 heteroatoms. The van der Waals surface area contributed by atoms with E-state index >= 15 is 0 Å². The lowest BCUT2D eigenvalue weighted by atomic mass is 10.1. The van der Waals surface area contributed by atoms with Crippen molar-refractivity contribution in [2.75, 3.05) is 19.6 Å². The first-order chi connectivity index (χ1) is 15.2. The van der Waals surface area contributed by atoms with Crippen molar-refractivity contribution in [2.24, 2.45) is 0 Å². The van der Waals surface area contributed by atoms with Crippen LogP contribution in [-0.4, -0.2) is 45.8 Å². The minimum Gasteiger partial charge on any atom is -0.359 e. The maximum Gasteiger partial charge on any atom is 0.151 e. The zero-order valence-corrected chi connectivity index (χ0v) is 17.6. The normalized spacial score (nSPS) is 17.8. The molecule has 0 bridgehead atoms. The minimum atomic E-state index is 0.413. The SMILES string of the molecule is CC1CN(Cc2cc(-c3ccccc3)no2)CCN1Cc1cc(-c2ccccc2)no1. The highest BCUT2D eigenvalue weighted by molar-refractivity contribution is 5.59. The molecule has 0 spiro atoms. The van der Waals surface area contributed by atoms with E-state index in [2.05, 4.69) is 51.3 Å². The molecule has 0 N–H and O–H groups in total. The molecular weight excluding hydrogens is 388 g/mol. The number of nitrogens with zero attached hydrogens (tertiary/aromatic N) is 4. The van der Waals surface area contributed by atoms with Gasteiger partial charge in [0.05, 0.1) is 13.1 Å². The lowest BCUT2D eigenvalue weighted by molar-refractivity contribution is 0.0616. The van der Waals surface area contributed by atoms with Gasteiger partial charge in [-0.15, -0.1) is 0 Å². The monoisotopic (exact) mass is 414 g/mol. The Labute approximate surface area is 182 Å². The summed E-state index contributed by atoms with van der Waals surface area (Å²) in [5, 5.41) is 8.48. The summed E-state index contributed by atoms with van der Waals surface area (Å²) in [6, 6.07) is 24.8. The molecule has 2 aromatic carbocycles. The average Bonchev–Trinajstić information content (AvgIpc) is 3.47. The van der Waals surface area contributed by atoms with Crippen LogP contribution in [0.2, 0.25) is 0 Å². The molecule has 1 fully saturated rings. The maximum absolute atomic E-state index is 5.61. The fourth-order valence-electron chi connectivity index (χ4n) is 4.13. The molecule has 158 valence electrons. The first kappa shape index (κ1) is 19.7. The number of hydrogen-bond acceptors (Lipinski definition) is 6. The molecule has 0 radical (unpaired) electrons. The lowest BCUT2D eigenvalue weighted by Crippen LogP contribution is -2.50. The molecule has 0 amide bonds. The van der Waals surface area contributed by atoms with Crippen molar-refractivity contribution in [3.05, 3.63) is 84.3 Å². The van der Waals surface area contributed by atoms with Gasteiger partial charge in [-0.3, -0.25) is 9.80 Å². The third kappa shape index (κ3) is 4.60. The Morgan fingerprint density at radius 3 is 1.87 bits per heavy atom. The van der Waals surface area contributed by atoms with Crippen LogP contribution in [0.15, 0.2) is 81.8 Å². The summed E-state index contributed by atoms with van der Waals surface area (Å²) < 4.78 is 11.2. The van der Waals surface area contributed by atoms with Crippen LogP contribution in [-0.2, 0) is 13.1 Å². The van der Waals surface area contributed by atoms with Gasteiger partial charge in [0.15, 0.2) is 11.5 Å². The zero-order chi connectivity index (χ0) is 21.0. The zero-order valence-electron chi connectivity index (χ0n) is 17.6. The van der Waals surface area contributed by atoms with Crippen LogP contribution in [0.1, 0.15) is 18.4 Å². The predicted octanol–water partition coefficient (Wildman–Crippen LogP) is 4.70. The Balaban J connectivity index is 1.17. The van der Waals surface area contributed by atoms with Crippen molar-refractivity contribution < 1.29 is 9.05 Å². The highest BCUT2D eigenvalue weighted by Crippen LogP contribution is 2.23. The molecule has 6 nitrogen and oxygen atoms in total. The largest absolute Gasteiger partial charge is 0.359 e. The number of benzene rings is 2. The van der Waals surface area contributed by atoms with Gasteiger partial charge in [0.2, 0.25) is 0 Å². The summed E-state index contributed by atoms with van der Waals surface area (Å²) >= 11 is 0. The standard InChI is InChI=1S/C25H26N4O2/c1-19-16-28(17-22-14-24(26-30-22)20-8-4-2-5-9-20)12-13-29(19)18-23-15-25(27-31-23)21-10-6-3-7-11-21/h2-11,14-15,19H,12-13,16-18H2,1H3. The third-order valence-corrected chi connectivity index (χ3v) is 5.84. The minimum absolute atomic E-state index is 0.413. The lowest BCUT2D eigenvalue weighted by Gasteiger charge is -2.38. The molecule has 31 heavy (non-hydrogen) atoms. The van der Waals surface area contributed by atoms with E-state index in [-0.39, 0.29) is 0 Å². The average molecular weight is 415 g/mol. The number of aromatic nitrogens is 2. The van der Waals surface area contributed by atoms with E-state index in [1.807, 2.05) is 48.5 Å². The number of piperazine rings is 1. The summed E-state index contributed by atoms with van der Waals surface area (Å²) in [6.45, 7) is 6.73. The number of hydrogen-bond donors (Lipinski definition) is 0. The summed E-state index contributed by atoms with van der Waals surface area (Å²) in [4.78, 5) is 4.87. The third-order valence-electron chi connectivity index (χ3n) is 5.84. The van der Waals surface area contributed by atoms with Gasteiger partial charge in [0.25, 0.3) is 0 Å². The second-order valence-corrected chi connectivity index (χ2v) is 8.14. The molecule has 1 atom stereocenters. The van der Waals surface area contributed by atoms with Crippen LogP contribution in [0.4, 0.5) is 0 Å². The van der Waals surface area contributed by atoms with Crippen molar-refractivity contribution in [1.29, 1.82) is 0 Å². The van der Waals surface area contributed by atoms with Crippen LogP contribution < -0.4 is 0 Å². The molecule has 0 aliphatic carbocycles. The van der Waals surface area contributed by atoms with E-state index < -0.39 is 0 Å². The van der Waals surface area contributed by atoms with Crippen molar-refractivity contribution in [1.82, 2.24) is 20.1 Å². The van der Waals surface area contributed by atoms with E-state index in [0.717, 1.165) is 66.8 Å². The van der Waals surface area contributed by atoms with Crippen LogP contribution in [0.5, 0.6) is 0 Å². The van der Waals surface area contributed by atoms with E-state index in [1.165, 1.54) is 0 Å². The van der Waals surface area contributed by atoms with Crippen molar-refractivity contribution >= 4 is 0 Å².